The van der Waals surface area contributed by atoms with E-state index in [0.717, 1.165) is 17.8 Å². The number of esters is 1. The van der Waals surface area contributed by atoms with Crippen LogP contribution in [0.3, 0.4) is 0 Å². The number of ether oxygens (including phenoxy) is 1. The Morgan fingerprint density at radius 3 is 2.86 bits per heavy atom. The van der Waals surface area contributed by atoms with Crippen LogP contribution in [0.25, 0.3) is 0 Å². The lowest BCUT2D eigenvalue weighted by Gasteiger charge is -2.16. The van der Waals surface area contributed by atoms with Gasteiger partial charge in [0.15, 0.2) is 0 Å². The third kappa shape index (κ3) is 2.92. The minimum Gasteiger partial charge on any atom is -0.462 e. The fourth-order valence-corrected chi connectivity index (χ4v) is 4.19. The van der Waals surface area contributed by atoms with Gasteiger partial charge >= 0.3 is 5.97 Å². The van der Waals surface area contributed by atoms with Gasteiger partial charge in [-0.15, -0.1) is 11.3 Å². The van der Waals surface area contributed by atoms with Gasteiger partial charge in [-0.2, -0.15) is 0 Å². The quantitative estimate of drug-likeness (QED) is 0.668. The number of aromatic nitrogens is 1. The van der Waals surface area contributed by atoms with Crippen molar-refractivity contribution in [2.75, 3.05) is 6.61 Å². The summed E-state index contributed by atoms with van der Waals surface area (Å²) in [5, 5.41) is 3.70. The number of carbonyl (C=O) groups is 2. The van der Waals surface area contributed by atoms with Crippen LogP contribution < -0.4 is 5.32 Å². The predicted molar refractivity (Wildman–Crippen MR) is 83.5 cm³/mol. The topological polar surface area (TPSA) is 68.3 Å². The second kappa shape index (κ2) is 6.20. The summed E-state index contributed by atoms with van der Waals surface area (Å²) < 4.78 is 5.00. The molecule has 5 nitrogen and oxygen atoms in total. The van der Waals surface area contributed by atoms with Crippen molar-refractivity contribution >= 4 is 23.2 Å². The van der Waals surface area contributed by atoms with Crippen molar-refractivity contribution in [3.8, 4) is 0 Å². The van der Waals surface area contributed by atoms with Gasteiger partial charge in [0.05, 0.1) is 18.8 Å². The molecule has 22 heavy (non-hydrogen) atoms. The van der Waals surface area contributed by atoms with Crippen molar-refractivity contribution in [1.29, 1.82) is 0 Å². The van der Waals surface area contributed by atoms with E-state index in [1.54, 1.807) is 13.8 Å². The van der Waals surface area contributed by atoms with E-state index < -0.39 is 0 Å². The number of hydrogen-bond acceptors (Lipinski definition) is 5. The fourth-order valence-electron chi connectivity index (χ4n) is 3.29. The number of carbonyl (C=O) groups excluding carboxylic acids is 2. The number of hydrogen-bond donors (Lipinski definition) is 1. The molecule has 2 aliphatic carbocycles. The third-order valence-corrected chi connectivity index (χ3v) is 5.47. The maximum absolute atomic E-state index is 12.3. The molecule has 3 rings (SSSR count). The molecule has 6 heteroatoms. The van der Waals surface area contributed by atoms with E-state index in [0.29, 0.717) is 35.6 Å². The molecule has 2 bridgehead atoms. The number of amides is 1. The summed E-state index contributed by atoms with van der Waals surface area (Å²) in [7, 11) is 0. The van der Waals surface area contributed by atoms with E-state index in [1.807, 2.05) is 0 Å². The lowest BCUT2D eigenvalue weighted by atomic mass is 9.93. The van der Waals surface area contributed by atoms with Crippen LogP contribution in [0.2, 0.25) is 0 Å². The molecule has 0 radical (unpaired) electrons. The fraction of sp³-hybridized carbons (Fsp3) is 0.562. The van der Waals surface area contributed by atoms with Gasteiger partial charge in [-0.3, -0.25) is 4.79 Å². The first-order chi connectivity index (χ1) is 10.6. The third-order valence-electron chi connectivity index (χ3n) is 4.33. The lowest BCUT2D eigenvalue weighted by molar-refractivity contribution is -0.125. The Morgan fingerprint density at radius 2 is 2.23 bits per heavy atom. The zero-order chi connectivity index (χ0) is 15.7. The minimum absolute atomic E-state index is 0.0978. The zero-order valence-corrected chi connectivity index (χ0v) is 13.6. The summed E-state index contributed by atoms with van der Waals surface area (Å²) in [5.41, 5.74) is 0.663. The molecule has 1 heterocycles. The molecule has 1 N–H and O–H groups in total. The molecule has 1 saturated carbocycles. The van der Waals surface area contributed by atoms with Crippen LogP contribution in [0, 0.1) is 24.7 Å². The maximum atomic E-state index is 12.3. The van der Waals surface area contributed by atoms with Crippen LogP contribution in [0.5, 0.6) is 0 Å². The highest BCUT2D eigenvalue weighted by atomic mass is 32.1. The average Bonchev–Trinajstić information content (AvgIpc) is 3.20. The Kier molecular flexibility index (Phi) is 4.29. The molecule has 1 fully saturated rings. The van der Waals surface area contributed by atoms with Gasteiger partial charge in [0.25, 0.3) is 0 Å². The SMILES string of the molecule is CCOC(=O)c1sc(CNC(=O)C2CC3C=CC2C3)nc1C. The number of thiazole rings is 1. The van der Waals surface area contributed by atoms with Crippen LogP contribution in [0.15, 0.2) is 12.2 Å². The Morgan fingerprint density at radius 1 is 1.41 bits per heavy atom. The van der Waals surface area contributed by atoms with Gasteiger partial charge in [0.2, 0.25) is 5.91 Å². The molecule has 2 aliphatic rings. The molecule has 1 amide bonds. The highest BCUT2D eigenvalue weighted by Crippen LogP contribution is 2.43. The summed E-state index contributed by atoms with van der Waals surface area (Å²) in [6.45, 7) is 4.29. The first-order valence-corrected chi connectivity index (χ1v) is 8.49. The number of fused-ring (bicyclic) bond motifs is 2. The Bertz CT molecular complexity index is 623. The molecule has 0 spiro atoms. The van der Waals surface area contributed by atoms with E-state index in [2.05, 4.69) is 22.5 Å². The number of allylic oxidation sites excluding steroid dienone is 2. The van der Waals surface area contributed by atoms with Gasteiger partial charge in [-0.05, 0) is 38.5 Å². The summed E-state index contributed by atoms with van der Waals surface area (Å²) in [5.74, 6) is 0.840. The lowest BCUT2D eigenvalue weighted by Crippen LogP contribution is -2.32. The molecule has 1 aromatic rings. The largest absolute Gasteiger partial charge is 0.462 e. The molecule has 1 aromatic heterocycles. The number of nitrogens with one attached hydrogen (secondary N) is 1. The Hall–Kier alpha value is -1.69. The molecule has 118 valence electrons. The Balaban J connectivity index is 1.57. The first-order valence-electron chi connectivity index (χ1n) is 7.68. The summed E-state index contributed by atoms with van der Waals surface area (Å²) >= 11 is 1.29. The number of rotatable bonds is 5. The van der Waals surface area contributed by atoms with Crippen LogP contribution >= 0.6 is 11.3 Å². The van der Waals surface area contributed by atoms with Gasteiger partial charge < -0.3 is 10.1 Å². The van der Waals surface area contributed by atoms with Gasteiger partial charge in [0, 0.05) is 5.92 Å². The second-order valence-electron chi connectivity index (χ2n) is 5.85. The van der Waals surface area contributed by atoms with Crippen LogP contribution in [0.4, 0.5) is 0 Å². The van der Waals surface area contributed by atoms with Crippen molar-refractivity contribution in [1.82, 2.24) is 10.3 Å². The summed E-state index contributed by atoms with van der Waals surface area (Å²) in [4.78, 5) is 28.9. The smallest absolute Gasteiger partial charge is 0.350 e. The van der Waals surface area contributed by atoms with Crippen molar-refractivity contribution in [3.63, 3.8) is 0 Å². The number of nitrogens with zero attached hydrogens (tertiary/aromatic N) is 1. The molecular weight excluding hydrogens is 300 g/mol. The summed E-state index contributed by atoms with van der Waals surface area (Å²) in [6, 6.07) is 0. The first kappa shape index (κ1) is 15.2. The van der Waals surface area contributed by atoms with E-state index in [1.165, 1.54) is 11.3 Å². The zero-order valence-electron chi connectivity index (χ0n) is 12.8. The van der Waals surface area contributed by atoms with Crippen molar-refractivity contribution < 1.29 is 14.3 Å². The average molecular weight is 320 g/mol. The monoisotopic (exact) mass is 320 g/mol. The standard InChI is InChI=1S/C16H20N2O3S/c1-3-21-16(20)14-9(2)18-13(22-14)8-17-15(19)12-7-10-4-5-11(12)6-10/h4-5,10-12H,3,6-8H2,1-2H3,(H,17,19). The number of aryl methyl sites for hydroxylation is 1. The van der Waals surface area contributed by atoms with Crippen molar-refractivity contribution in [2.24, 2.45) is 17.8 Å². The minimum atomic E-state index is -0.340. The van der Waals surface area contributed by atoms with Crippen molar-refractivity contribution in [3.05, 3.63) is 27.7 Å². The molecule has 0 aromatic carbocycles. The van der Waals surface area contributed by atoms with E-state index in [9.17, 15) is 9.59 Å². The maximum Gasteiger partial charge on any atom is 0.350 e. The predicted octanol–water partition coefficient (Wildman–Crippen LogP) is 2.46. The normalized spacial score (nSPS) is 25.5. The Labute approximate surface area is 133 Å². The van der Waals surface area contributed by atoms with E-state index in [-0.39, 0.29) is 17.8 Å². The molecule has 0 saturated heterocycles. The van der Waals surface area contributed by atoms with Crippen LogP contribution in [0.1, 0.15) is 40.1 Å². The van der Waals surface area contributed by atoms with Crippen molar-refractivity contribution in [2.45, 2.75) is 33.2 Å². The van der Waals surface area contributed by atoms with Gasteiger partial charge in [0.1, 0.15) is 9.88 Å². The molecule has 3 atom stereocenters. The molecule has 3 unspecified atom stereocenters. The highest BCUT2D eigenvalue weighted by molar-refractivity contribution is 7.13. The molecular formula is C16H20N2O3S. The summed E-state index contributed by atoms with van der Waals surface area (Å²) in [6.07, 6.45) is 6.47. The van der Waals surface area contributed by atoms with Crippen LogP contribution in [-0.2, 0) is 16.1 Å². The van der Waals surface area contributed by atoms with Gasteiger partial charge in [-0.25, -0.2) is 9.78 Å². The highest BCUT2D eigenvalue weighted by Gasteiger charge is 2.39. The van der Waals surface area contributed by atoms with Gasteiger partial charge in [-0.1, -0.05) is 12.2 Å². The van der Waals surface area contributed by atoms with Crippen LogP contribution in [-0.4, -0.2) is 23.5 Å². The second-order valence-corrected chi connectivity index (χ2v) is 6.93. The molecule has 0 aliphatic heterocycles. The van der Waals surface area contributed by atoms with E-state index in [4.69, 9.17) is 4.74 Å². The van der Waals surface area contributed by atoms with E-state index >= 15 is 0 Å².